The molecule has 10 heteroatoms. The molecule has 3 aromatic carbocycles. The van der Waals surface area contributed by atoms with E-state index in [1.54, 1.807) is 30.3 Å². The summed E-state index contributed by atoms with van der Waals surface area (Å²) in [5.41, 5.74) is 3.40. The molecule has 3 rings (SSSR count). The second kappa shape index (κ2) is 9.85. The number of ether oxygens (including phenoxy) is 1. The number of nitrogens with one attached hydrogen (secondary N) is 2. The number of nitro groups is 1. The summed E-state index contributed by atoms with van der Waals surface area (Å²) in [7, 11) is 1.42. The van der Waals surface area contributed by atoms with Crippen LogP contribution < -0.4 is 15.5 Å². The lowest BCUT2D eigenvalue weighted by Gasteiger charge is -2.07. The third-order valence-corrected chi connectivity index (χ3v) is 4.34. The average molecular weight is 434 g/mol. The molecule has 0 bridgehead atoms. The van der Waals surface area contributed by atoms with Gasteiger partial charge in [-0.25, -0.2) is 5.43 Å². The van der Waals surface area contributed by atoms with Crippen LogP contribution in [0.4, 0.5) is 11.4 Å². The Labute approximate surface area is 182 Å². The van der Waals surface area contributed by atoms with Crippen molar-refractivity contribution in [2.24, 2.45) is 5.10 Å². The first-order valence-electron chi connectivity index (χ1n) is 9.24. The Balaban J connectivity index is 1.65. The number of hydrogen-bond donors (Lipinski definition) is 3. The molecule has 2 amide bonds. The van der Waals surface area contributed by atoms with Crippen LogP contribution >= 0.6 is 0 Å². The second-order valence-corrected chi connectivity index (χ2v) is 6.44. The minimum absolute atomic E-state index is 0.107. The number of nitro benzene ring substituents is 1. The van der Waals surface area contributed by atoms with Gasteiger partial charge in [0.05, 0.1) is 18.2 Å². The highest BCUT2D eigenvalue weighted by molar-refractivity contribution is 6.05. The van der Waals surface area contributed by atoms with E-state index in [0.29, 0.717) is 11.3 Å². The van der Waals surface area contributed by atoms with E-state index in [9.17, 15) is 24.8 Å². The molecular formula is C22H18N4O6. The third kappa shape index (κ3) is 5.25. The van der Waals surface area contributed by atoms with Gasteiger partial charge in [0, 0.05) is 34.5 Å². The number of para-hydroxylation sites is 1. The van der Waals surface area contributed by atoms with Gasteiger partial charge in [-0.1, -0.05) is 12.1 Å². The van der Waals surface area contributed by atoms with E-state index in [1.807, 2.05) is 0 Å². The maximum absolute atomic E-state index is 12.4. The van der Waals surface area contributed by atoms with Gasteiger partial charge in [-0.05, 0) is 42.5 Å². The van der Waals surface area contributed by atoms with Crippen molar-refractivity contribution >= 4 is 29.4 Å². The Hall–Kier alpha value is -4.73. The summed E-state index contributed by atoms with van der Waals surface area (Å²) in [4.78, 5) is 34.9. The first-order valence-corrected chi connectivity index (χ1v) is 9.24. The predicted molar refractivity (Wildman–Crippen MR) is 117 cm³/mol. The van der Waals surface area contributed by atoms with Gasteiger partial charge in [0.1, 0.15) is 0 Å². The highest BCUT2D eigenvalue weighted by Gasteiger charge is 2.11. The van der Waals surface area contributed by atoms with Crippen molar-refractivity contribution < 1.29 is 24.4 Å². The number of carbonyl (C=O) groups excluding carboxylic acids is 2. The van der Waals surface area contributed by atoms with Crippen molar-refractivity contribution in [3.05, 3.63) is 93.5 Å². The van der Waals surface area contributed by atoms with Crippen LogP contribution in [0.5, 0.6) is 11.5 Å². The number of hydrogen-bond acceptors (Lipinski definition) is 7. The van der Waals surface area contributed by atoms with Crippen molar-refractivity contribution in [3.8, 4) is 11.5 Å². The van der Waals surface area contributed by atoms with Crippen molar-refractivity contribution in [2.75, 3.05) is 12.4 Å². The number of aromatic hydroxyl groups is 1. The average Bonchev–Trinajstić information content (AvgIpc) is 2.80. The Bertz CT molecular complexity index is 1190. The number of hydrazone groups is 1. The highest BCUT2D eigenvalue weighted by Crippen LogP contribution is 2.27. The van der Waals surface area contributed by atoms with Crippen molar-refractivity contribution in [1.82, 2.24) is 5.43 Å². The van der Waals surface area contributed by atoms with E-state index in [1.165, 1.54) is 49.7 Å². The molecule has 3 aromatic rings. The van der Waals surface area contributed by atoms with E-state index >= 15 is 0 Å². The first kappa shape index (κ1) is 22.0. The van der Waals surface area contributed by atoms with Crippen molar-refractivity contribution in [2.45, 2.75) is 0 Å². The van der Waals surface area contributed by atoms with E-state index in [2.05, 4.69) is 15.8 Å². The van der Waals surface area contributed by atoms with Gasteiger partial charge in [0.15, 0.2) is 11.5 Å². The number of methoxy groups -OCH3 is 1. The van der Waals surface area contributed by atoms with Crippen LogP contribution in [0.15, 0.2) is 71.8 Å². The molecule has 32 heavy (non-hydrogen) atoms. The Morgan fingerprint density at radius 3 is 2.44 bits per heavy atom. The fraction of sp³-hybridized carbons (Fsp3) is 0.0455. The van der Waals surface area contributed by atoms with E-state index in [4.69, 9.17) is 4.74 Å². The van der Waals surface area contributed by atoms with Gasteiger partial charge in [-0.2, -0.15) is 5.10 Å². The van der Waals surface area contributed by atoms with Crippen LogP contribution in [-0.4, -0.2) is 35.2 Å². The van der Waals surface area contributed by atoms with E-state index in [0.717, 1.165) is 0 Å². The summed E-state index contributed by atoms with van der Waals surface area (Å²) >= 11 is 0. The fourth-order valence-corrected chi connectivity index (χ4v) is 2.71. The number of phenols is 1. The normalized spacial score (nSPS) is 10.5. The van der Waals surface area contributed by atoms with E-state index < -0.39 is 16.7 Å². The lowest BCUT2D eigenvalue weighted by molar-refractivity contribution is -0.384. The largest absolute Gasteiger partial charge is 0.504 e. The van der Waals surface area contributed by atoms with Gasteiger partial charge in [0.25, 0.3) is 17.5 Å². The molecule has 0 aliphatic heterocycles. The molecule has 0 radical (unpaired) electrons. The Kier molecular flexibility index (Phi) is 6.76. The number of carbonyl (C=O) groups is 2. The number of anilines is 1. The summed E-state index contributed by atoms with van der Waals surface area (Å²) in [5, 5.41) is 27.2. The smallest absolute Gasteiger partial charge is 0.271 e. The van der Waals surface area contributed by atoms with Crippen LogP contribution in [0.2, 0.25) is 0 Å². The molecule has 0 atom stereocenters. The lowest BCUT2D eigenvalue weighted by atomic mass is 10.1. The zero-order valence-electron chi connectivity index (χ0n) is 16.8. The summed E-state index contributed by atoms with van der Waals surface area (Å²) in [6.45, 7) is 0. The monoisotopic (exact) mass is 434 g/mol. The van der Waals surface area contributed by atoms with Crippen molar-refractivity contribution in [3.63, 3.8) is 0 Å². The molecule has 0 aromatic heterocycles. The molecule has 0 spiro atoms. The summed E-state index contributed by atoms with van der Waals surface area (Å²) < 4.78 is 5.01. The molecule has 10 nitrogen and oxygen atoms in total. The number of rotatable bonds is 7. The number of non-ortho nitro benzene ring substituents is 1. The third-order valence-electron chi connectivity index (χ3n) is 4.34. The van der Waals surface area contributed by atoms with Crippen LogP contribution in [0.3, 0.4) is 0 Å². The maximum Gasteiger partial charge on any atom is 0.271 e. The minimum Gasteiger partial charge on any atom is -0.504 e. The molecule has 162 valence electrons. The van der Waals surface area contributed by atoms with Gasteiger partial charge in [-0.3, -0.25) is 19.7 Å². The molecule has 0 saturated heterocycles. The van der Waals surface area contributed by atoms with Crippen LogP contribution in [0, 0.1) is 10.1 Å². The SMILES string of the molecule is COc1cccc(/C=N\NC(=O)c2cccc(NC(=O)c3ccc([N+](=O)[O-])cc3)c2)c1O. The summed E-state index contributed by atoms with van der Waals surface area (Å²) in [6, 6.07) is 16.2. The molecule has 0 heterocycles. The zero-order chi connectivity index (χ0) is 23.1. The fourth-order valence-electron chi connectivity index (χ4n) is 2.71. The second-order valence-electron chi connectivity index (χ2n) is 6.44. The van der Waals surface area contributed by atoms with Gasteiger partial charge in [0.2, 0.25) is 0 Å². The number of benzene rings is 3. The maximum atomic E-state index is 12.4. The van der Waals surface area contributed by atoms with Crippen LogP contribution in [-0.2, 0) is 0 Å². The topological polar surface area (TPSA) is 143 Å². The van der Waals surface area contributed by atoms with Crippen LogP contribution in [0.1, 0.15) is 26.3 Å². The zero-order valence-corrected chi connectivity index (χ0v) is 16.8. The van der Waals surface area contributed by atoms with Crippen molar-refractivity contribution in [1.29, 1.82) is 0 Å². The molecule has 0 aliphatic carbocycles. The number of nitrogens with zero attached hydrogens (tertiary/aromatic N) is 2. The van der Waals surface area contributed by atoms with Gasteiger partial charge in [-0.15, -0.1) is 0 Å². The van der Waals surface area contributed by atoms with Gasteiger partial charge >= 0.3 is 0 Å². The quantitative estimate of drug-likeness (QED) is 0.296. The predicted octanol–water partition coefficient (Wildman–Crippen LogP) is 3.33. The van der Waals surface area contributed by atoms with E-state index in [-0.39, 0.29) is 28.3 Å². The molecular weight excluding hydrogens is 416 g/mol. The Morgan fingerprint density at radius 2 is 1.75 bits per heavy atom. The summed E-state index contributed by atoms with van der Waals surface area (Å²) in [6.07, 6.45) is 1.27. The molecule has 0 unspecified atom stereocenters. The molecule has 0 fully saturated rings. The van der Waals surface area contributed by atoms with Crippen LogP contribution in [0.25, 0.3) is 0 Å². The first-order chi connectivity index (χ1) is 15.4. The standard InChI is InChI=1S/C22H18N4O6/c1-32-19-7-3-5-16(20(19)27)13-23-25-22(29)15-4-2-6-17(12-15)24-21(28)14-8-10-18(11-9-14)26(30)31/h2-13,27H,1H3,(H,24,28)(H,25,29)/b23-13-. The molecule has 0 aliphatic rings. The molecule has 0 saturated carbocycles. The van der Waals surface area contributed by atoms with Gasteiger partial charge < -0.3 is 15.2 Å². The summed E-state index contributed by atoms with van der Waals surface area (Å²) in [5.74, 6) is -0.847. The number of phenolic OH excluding ortho intramolecular Hbond substituents is 1. The Morgan fingerprint density at radius 1 is 1.03 bits per heavy atom. The lowest BCUT2D eigenvalue weighted by Crippen LogP contribution is -2.18. The molecule has 3 N–H and O–H groups in total. The minimum atomic E-state index is -0.554. The number of amides is 2. The highest BCUT2D eigenvalue weighted by atomic mass is 16.6.